The first-order chi connectivity index (χ1) is 10.6. The van der Waals surface area contributed by atoms with E-state index in [9.17, 15) is 8.42 Å². The van der Waals surface area contributed by atoms with E-state index in [1.807, 2.05) is 43.3 Å². The van der Waals surface area contributed by atoms with Gasteiger partial charge in [-0.2, -0.15) is 4.31 Å². The second-order valence-corrected chi connectivity index (χ2v) is 8.54. The Bertz CT molecular complexity index is 725. The Kier molecular flexibility index (Phi) is 4.63. The Morgan fingerprint density at radius 1 is 1.23 bits per heavy atom. The van der Waals surface area contributed by atoms with Crippen molar-refractivity contribution in [3.8, 4) is 0 Å². The summed E-state index contributed by atoms with van der Waals surface area (Å²) in [5, 5.41) is 0. The molecule has 3 rings (SSSR count). The fraction of sp³-hybridized carbons (Fsp3) is 0.375. The van der Waals surface area contributed by atoms with Gasteiger partial charge in [0.25, 0.3) is 10.0 Å². The van der Waals surface area contributed by atoms with Crippen LogP contribution in [0.1, 0.15) is 23.5 Å². The lowest BCUT2D eigenvalue weighted by atomic mass is 10.1. The van der Waals surface area contributed by atoms with Crippen LogP contribution in [0.5, 0.6) is 0 Å². The molecule has 1 aromatic heterocycles. The minimum absolute atomic E-state index is 0.199. The van der Waals surface area contributed by atoms with Crippen LogP contribution in [-0.2, 0) is 21.2 Å². The van der Waals surface area contributed by atoms with Crippen molar-refractivity contribution in [1.29, 1.82) is 0 Å². The molecule has 2 aromatic rings. The number of nitrogens with zero attached hydrogens (tertiary/aromatic N) is 1. The lowest BCUT2D eigenvalue weighted by Gasteiger charge is -2.32. The summed E-state index contributed by atoms with van der Waals surface area (Å²) >= 11 is 1.36. The van der Waals surface area contributed by atoms with Gasteiger partial charge < -0.3 is 4.74 Å². The fourth-order valence-electron chi connectivity index (χ4n) is 2.53. The maximum absolute atomic E-state index is 12.8. The molecular weight excluding hydrogens is 318 g/mol. The van der Waals surface area contributed by atoms with Gasteiger partial charge in [0.1, 0.15) is 4.21 Å². The number of aryl methyl sites for hydroxylation is 1. The third-order valence-corrected chi connectivity index (χ3v) is 7.34. The molecular formula is C16H19NO3S2. The SMILES string of the molecule is CCc1ccc(S(=O)(=O)N2CCOC(c3ccccc3)C2)s1. The summed E-state index contributed by atoms with van der Waals surface area (Å²) in [5.41, 5.74) is 1.02. The molecule has 6 heteroatoms. The monoisotopic (exact) mass is 337 g/mol. The van der Waals surface area contributed by atoms with Gasteiger partial charge >= 0.3 is 0 Å². The molecule has 22 heavy (non-hydrogen) atoms. The van der Waals surface area contributed by atoms with Crippen molar-refractivity contribution in [2.75, 3.05) is 19.7 Å². The van der Waals surface area contributed by atoms with Crippen LogP contribution in [0.25, 0.3) is 0 Å². The number of hydrogen-bond donors (Lipinski definition) is 0. The number of benzene rings is 1. The molecule has 0 amide bonds. The second-order valence-electron chi connectivity index (χ2n) is 5.21. The molecule has 1 unspecified atom stereocenters. The minimum Gasteiger partial charge on any atom is -0.371 e. The van der Waals surface area contributed by atoms with Crippen LogP contribution in [0.4, 0.5) is 0 Å². The molecule has 118 valence electrons. The predicted octanol–water partition coefficient (Wildman–Crippen LogP) is 3.07. The van der Waals surface area contributed by atoms with Crippen LogP contribution >= 0.6 is 11.3 Å². The molecule has 4 nitrogen and oxygen atoms in total. The predicted molar refractivity (Wildman–Crippen MR) is 87.6 cm³/mol. The molecule has 1 atom stereocenters. The molecule has 0 saturated carbocycles. The van der Waals surface area contributed by atoms with E-state index in [-0.39, 0.29) is 6.10 Å². The average molecular weight is 337 g/mol. The molecule has 0 spiro atoms. The topological polar surface area (TPSA) is 46.6 Å². The van der Waals surface area contributed by atoms with Crippen molar-refractivity contribution in [3.63, 3.8) is 0 Å². The molecule has 1 saturated heterocycles. The van der Waals surface area contributed by atoms with Gasteiger partial charge in [-0.1, -0.05) is 37.3 Å². The highest BCUT2D eigenvalue weighted by Gasteiger charge is 2.32. The van der Waals surface area contributed by atoms with Crippen LogP contribution < -0.4 is 0 Å². The number of hydrogen-bond acceptors (Lipinski definition) is 4. The first-order valence-corrected chi connectivity index (χ1v) is 9.62. The van der Waals surface area contributed by atoms with Gasteiger partial charge in [0.05, 0.1) is 12.7 Å². The number of sulfonamides is 1. The van der Waals surface area contributed by atoms with Gasteiger partial charge in [-0.05, 0) is 24.1 Å². The van der Waals surface area contributed by atoms with Gasteiger partial charge in [0.15, 0.2) is 0 Å². The van der Waals surface area contributed by atoms with Crippen molar-refractivity contribution in [1.82, 2.24) is 4.31 Å². The van der Waals surface area contributed by atoms with Crippen LogP contribution in [-0.4, -0.2) is 32.4 Å². The van der Waals surface area contributed by atoms with Crippen LogP contribution in [0, 0.1) is 0 Å². The lowest BCUT2D eigenvalue weighted by Crippen LogP contribution is -2.41. The third kappa shape index (κ3) is 3.10. The second kappa shape index (κ2) is 6.50. The molecule has 0 N–H and O–H groups in total. The van der Waals surface area contributed by atoms with E-state index in [4.69, 9.17) is 4.74 Å². The van der Waals surface area contributed by atoms with Crippen molar-refractivity contribution in [3.05, 3.63) is 52.9 Å². The van der Waals surface area contributed by atoms with Gasteiger partial charge in [-0.25, -0.2) is 8.42 Å². The van der Waals surface area contributed by atoms with Crippen molar-refractivity contribution < 1.29 is 13.2 Å². The van der Waals surface area contributed by atoms with Gasteiger partial charge in [-0.15, -0.1) is 11.3 Å². The Labute approximate surface area is 135 Å². The maximum Gasteiger partial charge on any atom is 0.252 e. The lowest BCUT2D eigenvalue weighted by molar-refractivity contribution is -0.00249. The molecule has 1 aliphatic rings. The zero-order chi connectivity index (χ0) is 15.6. The summed E-state index contributed by atoms with van der Waals surface area (Å²) in [6.07, 6.45) is 0.658. The first-order valence-electron chi connectivity index (χ1n) is 7.36. The van der Waals surface area contributed by atoms with Gasteiger partial charge in [-0.3, -0.25) is 0 Å². The van der Waals surface area contributed by atoms with E-state index >= 15 is 0 Å². The van der Waals surface area contributed by atoms with E-state index in [0.717, 1.165) is 16.9 Å². The molecule has 1 aliphatic heterocycles. The standard InChI is InChI=1S/C16H19NO3S2/c1-2-14-8-9-16(21-14)22(18,19)17-10-11-20-15(12-17)13-6-4-3-5-7-13/h3-9,15H,2,10-12H2,1H3. The number of ether oxygens (including phenoxy) is 1. The molecule has 0 bridgehead atoms. The van der Waals surface area contributed by atoms with Gasteiger partial charge in [0.2, 0.25) is 0 Å². The number of rotatable bonds is 4. The Morgan fingerprint density at radius 3 is 2.68 bits per heavy atom. The van der Waals surface area contributed by atoms with Gasteiger partial charge in [0, 0.05) is 18.0 Å². The minimum atomic E-state index is -3.42. The van der Waals surface area contributed by atoms with Crippen LogP contribution in [0.15, 0.2) is 46.7 Å². The summed E-state index contributed by atoms with van der Waals surface area (Å²) < 4.78 is 33.3. The normalized spacial score (nSPS) is 20.1. The number of thiophene rings is 1. The van der Waals surface area contributed by atoms with E-state index in [1.165, 1.54) is 11.3 Å². The van der Waals surface area contributed by atoms with E-state index in [0.29, 0.717) is 23.9 Å². The Balaban J connectivity index is 1.82. The highest BCUT2D eigenvalue weighted by molar-refractivity contribution is 7.91. The van der Waals surface area contributed by atoms with E-state index in [1.54, 1.807) is 10.4 Å². The smallest absolute Gasteiger partial charge is 0.252 e. The third-order valence-electron chi connectivity index (χ3n) is 3.78. The summed E-state index contributed by atoms with van der Waals surface area (Å²) in [5.74, 6) is 0. The largest absolute Gasteiger partial charge is 0.371 e. The first kappa shape index (κ1) is 15.7. The molecule has 0 aliphatic carbocycles. The Morgan fingerprint density at radius 2 is 2.00 bits per heavy atom. The molecule has 1 fully saturated rings. The molecule has 2 heterocycles. The zero-order valence-electron chi connectivity index (χ0n) is 12.4. The average Bonchev–Trinajstić information content (AvgIpc) is 3.06. The quantitative estimate of drug-likeness (QED) is 0.861. The van der Waals surface area contributed by atoms with Crippen LogP contribution in [0.2, 0.25) is 0 Å². The highest BCUT2D eigenvalue weighted by atomic mass is 32.2. The van der Waals surface area contributed by atoms with Crippen molar-refractivity contribution >= 4 is 21.4 Å². The van der Waals surface area contributed by atoms with Crippen LogP contribution in [0.3, 0.4) is 0 Å². The summed E-state index contributed by atoms with van der Waals surface area (Å²) in [7, 11) is -3.42. The molecule has 0 radical (unpaired) electrons. The van der Waals surface area contributed by atoms with E-state index < -0.39 is 10.0 Å². The summed E-state index contributed by atoms with van der Waals surface area (Å²) in [6.45, 7) is 3.23. The van der Waals surface area contributed by atoms with E-state index in [2.05, 4.69) is 0 Å². The summed E-state index contributed by atoms with van der Waals surface area (Å²) in [4.78, 5) is 1.09. The number of morpholine rings is 1. The maximum atomic E-state index is 12.8. The molecule has 1 aromatic carbocycles. The zero-order valence-corrected chi connectivity index (χ0v) is 14.1. The fourth-order valence-corrected chi connectivity index (χ4v) is 5.40. The summed E-state index contributed by atoms with van der Waals surface area (Å²) in [6, 6.07) is 13.4. The Hall–Kier alpha value is -1.21. The highest BCUT2D eigenvalue weighted by Crippen LogP contribution is 2.29. The van der Waals surface area contributed by atoms with Crippen molar-refractivity contribution in [2.24, 2.45) is 0 Å². The van der Waals surface area contributed by atoms with Crippen molar-refractivity contribution in [2.45, 2.75) is 23.7 Å².